The molecule has 0 spiro atoms. The number of nitrogens with one attached hydrogen (secondary N) is 2. The van der Waals surface area contributed by atoms with Crippen molar-refractivity contribution < 1.29 is 9.36 Å². The van der Waals surface area contributed by atoms with E-state index in [9.17, 15) is 4.79 Å². The molecule has 0 atom stereocenters. The van der Waals surface area contributed by atoms with Gasteiger partial charge in [0.2, 0.25) is 5.91 Å². The van der Waals surface area contributed by atoms with Crippen LogP contribution in [0, 0.1) is 0 Å². The number of amides is 1. The van der Waals surface area contributed by atoms with E-state index in [1.54, 1.807) is 0 Å². The van der Waals surface area contributed by atoms with Gasteiger partial charge >= 0.3 is 5.95 Å². The minimum atomic E-state index is -0.118. The van der Waals surface area contributed by atoms with Crippen LogP contribution in [0.15, 0.2) is 40.8 Å². The Hall–Kier alpha value is -2.74. The minimum Gasteiger partial charge on any atom is -0.371 e. The lowest BCUT2D eigenvalue weighted by Gasteiger charge is -2.20. The van der Waals surface area contributed by atoms with Crippen LogP contribution in [0.1, 0.15) is 6.92 Å². The highest BCUT2D eigenvalue weighted by Gasteiger charge is 2.14. The Kier molecular flexibility index (Phi) is 6.24. The molecule has 0 aliphatic heterocycles. The second-order valence-corrected chi connectivity index (χ2v) is 5.93. The summed E-state index contributed by atoms with van der Waals surface area (Å²) in [6, 6.07) is 5.65. The molecule has 1 heterocycles. The number of carbonyl (C=O) groups excluding carboxylic acids is 1. The van der Waals surface area contributed by atoms with Crippen molar-refractivity contribution in [3.8, 4) is 0 Å². The van der Waals surface area contributed by atoms with Gasteiger partial charge in [0.15, 0.2) is 0 Å². The number of carbonyl (C=O) groups is 1. The molecule has 134 valence electrons. The van der Waals surface area contributed by atoms with Crippen molar-refractivity contribution >= 4 is 28.9 Å². The molecule has 8 heteroatoms. The van der Waals surface area contributed by atoms with Crippen LogP contribution in [-0.4, -0.2) is 37.7 Å². The Morgan fingerprint density at radius 2 is 2.12 bits per heavy atom. The SMILES string of the molecule is CNCCN(C)c1ccc(NC(C)=O)cc1N=Nc1n(C)cc[n+]1C. The topological polar surface area (TPSA) is 77.9 Å². The second kappa shape index (κ2) is 8.39. The molecule has 25 heavy (non-hydrogen) atoms. The zero-order valence-electron chi connectivity index (χ0n) is 15.4. The van der Waals surface area contributed by atoms with Crippen molar-refractivity contribution in [2.24, 2.45) is 24.3 Å². The molecule has 0 radical (unpaired) electrons. The zero-order chi connectivity index (χ0) is 18.4. The molecule has 2 aromatic rings. The number of aryl methyl sites for hydroxylation is 2. The maximum Gasteiger partial charge on any atom is 0.421 e. The summed E-state index contributed by atoms with van der Waals surface area (Å²) in [7, 11) is 7.76. The van der Waals surface area contributed by atoms with E-state index in [1.807, 2.05) is 67.9 Å². The van der Waals surface area contributed by atoms with E-state index in [2.05, 4.69) is 25.8 Å². The fraction of sp³-hybridized carbons (Fsp3) is 0.412. The number of nitrogens with zero attached hydrogens (tertiary/aromatic N) is 5. The predicted molar refractivity (Wildman–Crippen MR) is 98.7 cm³/mol. The van der Waals surface area contributed by atoms with Crippen LogP contribution >= 0.6 is 0 Å². The van der Waals surface area contributed by atoms with E-state index in [0.717, 1.165) is 24.7 Å². The lowest BCUT2D eigenvalue weighted by Crippen LogP contribution is -2.27. The van der Waals surface area contributed by atoms with Gasteiger partial charge in [-0.05, 0) is 25.2 Å². The molecule has 2 rings (SSSR count). The number of imidazole rings is 1. The Balaban J connectivity index is 2.38. The Morgan fingerprint density at radius 3 is 2.72 bits per heavy atom. The number of hydrogen-bond acceptors (Lipinski definition) is 5. The van der Waals surface area contributed by atoms with E-state index in [-0.39, 0.29) is 5.91 Å². The van der Waals surface area contributed by atoms with Crippen LogP contribution in [0.2, 0.25) is 0 Å². The molecule has 0 unspecified atom stereocenters. The fourth-order valence-corrected chi connectivity index (χ4v) is 2.43. The van der Waals surface area contributed by atoms with Crippen LogP contribution in [0.25, 0.3) is 0 Å². The minimum absolute atomic E-state index is 0.118. The van der Waals surface area contributed by atoms with Crippen LogP contribution in [0.3, 0.4) is 0 Å². The standard InChI is InChI=1S/C17H25N7O/c1-13(25)19-14-6-7-16(22(3)9-8-18-2)15(12-14)20-21-17-23(4)10-11-24(17)5/h6-7,10-12,18H,8-9H2,1-5H3/p+1. The molecule has 2 N–H and O–H groups in total. The van der Waals surface area contributed by atoms with Crippen molar-refractivity contribution in [1.82, 2.24) is 9.88 Å². The van der Waals surface area contributed by atoms with Crippen LogP contribution in [0.5, 0.6) is 0 Å². The monoisotopic (exact) mass is 344 g/mol. The average molecular weight is 344 g/mol. The highest BCUT2D eigenvalue weighted by molar-refractivity contribution is 5.90. The van der Waals surface area contributed by atoms with Gasteiger partial charge in [-0.1, -0.05) is 5.11 Å². The first-order valence-corrected chi connectivity index (χ1v) is 8.12. The molecular weight excluding hydrogens is 318 g/mol. The third-order valence-electron chi connectivity index (χ3n) is 3.80. The summed E-state index contributed by atoms with van der Waals surface area (Å²) in [6.45, 7) is 3.17. The van der Waals surface area contributed by atoms with E-state index in [4.69, 9.17) is 0 Å². The predicted octanol–water partition coefficient (Wildman–Crippen LogP) is 1.88. The molecule has 0 aliphatic rings. The van der Waals surface area contributed by atoms with Crippen molar-refractivity contribution in [2.45, 2.75) is 6.92 Å². The summed E-state index contributed by atoms with van der Waals surface area (Å²) < 4.78 is 3.79. The number of likely N-dealkylation sites (N-methyl/N-ethyl adjacent to an activating group) is 2. The number of benzene rings is 1. The van der Waals surface area contributed by atoms with Gasteiger partial charge < -0.3 is 15.5 Å². The molecule has 0 fully saturated rings. The van der Waals surface area contributed by atoms with E-state index in [1.165, 1.54) is 6.92 Å². The Bertz CT molecular complexity index is 747. The lowest BCUT2D eigenvalue weighted by atomic mass is 10.2. The van der Waals surface area contributed by atoms with Crippen LogP contribution in [0.4, 0.5) is 23.0 Å². The van der Waals surface area contributed by atoms with Gasteiger partial charge in [0.1, 0.15) is 5.69 Å². The van der Waals surface area contributed by atoms with E-state index < -0.39 is 0 Å². The molecular formula is C17H26N7O+. The third kappa shape index (κ3) is 4.87. The number of anilines is 2. The smallest absolute Gasteiger partial charge is 0.371 e. The Morgan fingerprint density at radius 1 is 1.36 bits per heavy atom. The zero-order valence-corrected chi connectivity index (χ0v) is 15.4. The summed E-state index contributed by atoms with van der Waals surface area (Å²) in [5.41, 5.74) is 2.35. The van der Waals surface area contributed by atoms with Gasteiger partial charge in [-0.3, -0.25) is 4.79 Å². The van der Waals surface area contributed by atoms with Crippen molar-refractivity contribution in [1.29, 1.82) is 0 Å². The summed E-state index contributed by atoms with van der Waals surface area (Å²) in [4.78, 5) is 13.4. The molecule has 0 saturated heterocycles. The molecule has 1 aromatic heterocycles. The quantitative estimate of drug-likeness (QED) is 0.595. The van der Waals surface area contributed by atoms with Crippen molar-refractivity contribution in [2.75, 3.05) is 37.4 Å². The number of azo groups is 1. The summed E-state index contributed by atoms with van der Waals surface area (Å²) >= 11 is 0. The largest absolute Gasteiger partial charge is 0.421 e. The summed E-state index contributed by atoms with van der Waals surface area (Å²) in [5.74, 6) is 0.613. The molecule has 1 aromatic carbocycles. The van der Waals surface area contributed by atoms with Crippen molar-refractivity contribution in [3.63, 3.8) is 0 Å². The van der Waals surface area contributed by atoms with Gasteiger partial charge in [0, 0.05) is 37.9 Å². The number of rotatable bonds is 7. The van der Waals surface area contributed by atoms with Gasteiger partial charge in [-0.15, -0.1) is 0 Å². The van der Waals surface area contributed by atoms with Crippen molar-refractivity contribution in [3.05, 3.63) is 30.6 Å². The molecule has 8 nitrogen and oxygen atoms in total. The van der Waals surface area contributed by atoms with E-state index in [0.29, 0.717) is 11.4 Å². The first kappa shape index (κ1) is 18.6. The highest BCUT2D eigenvalue weighted by atomic mass is 16.1. The maximum atomic E-state index is 11.3. The lowest BCUT2D eigenvalue weighted by molar-refractivity contribution is -0.657. The van der Waals surface area contributed by atoms with E-state index >= 15 is 0 Å². The Labute approximate surface area is 148 Å². The van der Waals surface area contributed by atoms with Gasteiger partial charge in [0.05, 0.1) is 32.2 Å². The molecule has 1 amide bonds. The molecule has 0 aliphatic carbocycles. The van der Waals surface area contributed by atoms with Gasteiger partial charge in [-0.2, -0.15) is 0 Å². The molecule has 0 bridgehead atoms. The van der Waals surface area contributed by atoms with Gasteiger partial charge in [-0.25, -0.2) is 9.13 Å². The maximum absolute atomic E-state index is 11.3. The van der Waals surface area contributed by atoms with Gasteiger partial charge in [0.25, 0.3) is 0 Å². The van der Waals surface area contributed by atoms with Crippen LogP contribution < -0.4 is 20.1 Å². The summed E-state index contributed by atoms with van der Waals surface area (Å²) in [6.07, 6.45) is 3.84. The first-order valence-electron chi connectivity index (χ1n) is 8.12. The fourth-order valence-electron chi connectivity index (χ4n) is 2.43. The van der Waals surface area contributed by atoms with Crippen LogP contribution in [-0.2, 0) is 18.9 Å². The second-order valence-electron chi connectivity index (χ2n) is 5.93. The third-order valence-corrected chi connectivity index (χ3v) is 3.80. The summed E-state index contributed by atoms with van der Waals surface area (Å²) in [5, 5.41) is 14.7. The highest BCUT2D eigenvalue weighted by Crippen LogP contribution is 2.32. The average Bonchev–Trinajstić information content (AvgIpc) is 2.88. The normalized spacial score (nSPS) is 11.1. The molecule has 0 saturated carbocycles. The number of aromatic nitrogens is 2. The first-order chi connectivity index (χ1) is 11.9. The number of hydrogen-bond donors (Lipinski definition) is 2.